The standard InChI is InChI=1S/C19H33NO2/c1-7-16(20)17(21)11-13(3)14-9-10-18(22-8-2)15(12-14)19(4,5)6/h9-10,12-13,16-17,21H,7-8,11,20H2,1-6H3. The Labute approximate surface area is 135 Å². The highest BCUT2D eigenvalue weighted by molar-refractivity contribution is 5.42. The molecule has 3 heteroatoms. The summed E-state index contributed by atoms with van der Waals surface area (Å²) in [5, 5.41) is 10.2. The molecule has 126 valence electrons. The van der Waals surface area contributed by atoms with E-state index in [0.717, 1.165) is 12.2 Å². The van der Waals surface area contributed by atoms with Crippen molar-refractivity contribution in [3.8, 4) is 5.75 Å². The fraction of sp³-hybridized carbons (Fsp3) is 0.684. The van der Waals surface area contributed by atoms with Crippen molar-refractivity contribution in [3.63, 3.8) is 0 Å². The van der Waals surface area contributed by atoms with Crippen molar-refractivity contribution >= 4 is 0 Å². The third-order valence-electron chi connectivity index (χ3n) is 4.24. The summed E-state index contributed by atoms with van der Waals surface area (Å²) in [4.78, 5) is 0. The number of nitrogens with two attached hydrogens (primary N) is 1. The highest BCUT2D eigenvalue weighted by Gasteiger charge is 2.22. The highest BCUT2D eigenvalue weighted by atomic mass is 16.5. The van der Waals surface area contributed by atoms with Crippen molar-refractivity contribution in [1.29, 1.82) is 0 Å². The average Bonchev–Trinajstić information content (AvgIpc) is 2.45. The molecule has 22 heavy (non-hydrogen) atoms. The second-order valence-corrected chi connectivity index (χ2v) is 7.21. The molecule has 1 rings (SSSR count). The maximum absolute atomic E-state index is 10.2. The maximum Gasteiger partial charge on any atom is 0.123 e. The van der Waals surface area contributed by atoms with Crippen LogP contribution in [-0.2, 0) is 5.41 Å². The molecule has 0 aromatic heterocycles. The van der Waals surface area contributed by atoms with E-state index < -0.39 is 6.10 Å². The van der Waals surface area contributed by atoms with Crippen molar-refractivity contribution in [3.05, 3.63) is 29.3 Å². The number of rotatable bonds is 7. The van der Waals surface area contributed by atoms with Gasteiger partial charge in [-0.1, -0.05) is 46.8 Å². The minimum atomic E-state index is -0.454. The van der Waals surface area contributed by atoms with Gasteiger partial charge in [-0.3, -0.25) is 0 Å². The Kier molecular flexibility index (Phi) is 6.89. The zero-order valence-corrected chi connectivity index (χ0v) is 15.0. The van der Waals surface area contributed by atoms with E-state index in [-0.39, 0.29) is 17.4 Å². The first-order valence-corrected chi connectivity index (χ1v) is 8.41. The van der Waals surface area contributed by atoms with Gasteiger partial charge in [-0.05, 0) is 48.3 Å². The lowest BCUT2D eigenvalue weighted by Gasteiger charge is -2.26. The van der Waals surface area contributed by atoms with Crippen LogP contribution in [0, 0.1) is 0 Å². The number of aliphatic hydroxyl groups is 1. The van der Waals surface area contributed by atoms with Crippen LogP contribution < -0.4 is 10.5 Å². The average molecular weight is 307 g/mol. The normalized spacial score (nSPS) is 16.2. The van der Waals surface area contributed by atoms with Gasteiger partial charge in [0.25, 0.3) is 0 Å². The summed E-state index contributed by atoms with van der Waals surface area (Å²) >= 11 is 0. The Morgan fingerprint density at radius 1 is 1.23 bits per heavy atom. The van der Waals surface area contributed by atoms with Gasteiger partial charge in [0.05, 0.1) is 12.7 Å². The molecule has 0 heterocycles. The SMILES string of the molecule is CCOc1ccc(C(C)CC(O)C(N)CC)cc1C(C)(C)C. The van der Waals surface area contributed by atoms with Crippen LogP contribution in [0.15, 0.2) is 18.2 Å². The number of hydrogen-bond donors (Lipinski definition) is 2. The fourth-order valence-corrected chi connectivity index (χ4v) is 2.67. The summed E-state index contributed by atoms with van der Waals surface area (Å²) in [6.45, 7) is 13.4. The van der Waals surface area contributed by atoms with E-state index in [1.54, 1.807) is 0 Å². The first kappa shape index (κ1) is 19.0. The molecule has 0 amide bonds. The zero-order valence-electron chi connectivity index (χ0n) is 15.0. The second-order valence-electron chi connectivity index (χ2n) is 7.21. The van der Waals surface area contributed by atoms with Gasteiger partial charge in [0.15, 0.2) is 0 Å². The molecule has 0 aliphatic carbocycles. The van der Waals surface area contributed by atoms with Crippen LogP contribution in [0.4, 0.5) is 0 Å². The van der Waals surface area contributed by atoms with E-state index in [4.69, 9.17) is 10.5 Å². The van der Waals surface area contributed by atoms with Crippen molar-refractivity contribution < 1.29 is 9.84 Å². The first-order valence-electron chi connectivity index (χ1n) is 8.41. The Bertz CT molecular complexity index is 465. The molecule has 3 N–H and O–H groups in total. The van der Waals surface area contributed by atoms with Gasteiger partial charge in [-0.25, -0.2) is 0 Å². The lowest BCUT2D eigenvalue weighted by Crippen LogP contribution is -2.34. The molecular weight excluding hydrogens is 274 g/mol. The van der Waals surface area contributed by atoms with Crippen LogP contribution >= 0.6 is 0 Å². The van der Waals surface area contributed by atoms with Gasteiger partial charge < -0.3 is 15.6 Å². The van der Waals surface area contributed by atoms with Crippen LogP contribution in [-0.4, -0.2) is 23.9 Å². The van der Waals surface area contributed by atoms with Crippen molar-refractivity contribution in [2.24, 2.45) is 5.73 Å². The molecule has 3 unspecified atom stereocenters. The van der Waals surface area contributed by atoms with E-state index in [9.17, 15) is 5.11 Å². The largest absolute Gasteiger partial charge is 0.494 e. The van der Waals surface area contributed by atoms with Gasteiger partial charge in [-0.2, -0.15) is 0 Å². The van der Waals surface area contributed by atoms with Gasteiger partial charge in [0.2, 0.25) is 0 Å². The van der Waals surface area contributed by atoms with Crippen LogP contribution in [0.5, 0.6) is 5.75 Å². The summed E-state index contributed by atoms with van der Waals surface area (Å²) in [5.74, 6) is 1.22. The number of hydrogen-bond acceptors (Lipinski definition) is 3. The van der Waals surface area contributed by atoms with Gasteiger partial charge >= 0.3 is 0 Å². The fourth-order valence-electron chi connectivity index (χ4n) is 2.67. The Balaban J connectivity index is 3.00. The summed E-state index contributed by atoms with van der Waals surface area (Å²) in [5.41, 5.74) is 8.41. The van der Waals surface area contributed by atoms with Crippen LogP contribution in [0.2, 0.25) is 0 Å². The number of benzene rings is 1. The summed E-state index contributed by atoms with van der Waals surface area (Å²) in [6.07, 6.45) is 1.03. The second kappa shape index (κ2) is 7.98. The molecule has 1 aromatic rings. The topological polar surface area (TPSA) is 55.5 Å². The lowest BCUT2D eigenvalue weighted by atomic mass is 9.83. The van der Waals surface area contributed by atoms with E-state index in [1.807, 2.05) is 13.8 Å². The van der Waals surface area contributed by atoms with E-state index in [0.29, 0.717) is 13.0 Å². The Hall–Kier alpha value is -1.06. The van der Waals surface area contributed by atoms with Gasteiger partial charge in [-0.15, -0.1) is 0 Å². The molecule has 0 aliphatic heterocycles. The van der Waals surface area contributed by atoms with Crippen LogP contribution in [0.25, 0.3) is 0 Å². The smallest absolute Gasteiger partial charge is 0.123 e. The summed E-state index contributed by atoms with van der Waals surface area (Å²) in [6, 6.07) is 6.24. The Morgan fingerprint density at radius 3 is 2.36 bits per heavy atom. The van der Waals surface area contributed by atoms with Crippen molar-refractivity contribution in [2.75, 3.05) is 6.61 Å². The molecule has 0 saturated heterocycles. The van der Waals surface area contributed by atoms with E-state index in [1.165, 1.54) is 11.1 Å². The summed E-state index contributed by atoms with van der Waals surface area (Å²) in [7, 11) is 0. The molecule has 1 aromatic carbocycles. The third-order valence-corrected chi connectivity index (χ3v) is 4.24. The molecule has 3 atom stereocenters. The quantitative estimate of drug-likeness (QED) is 0.801. The maximum atomic E-state index is 10.2. The molecule has 0 aliphatic rings. The van der Waals surface area contributed by atoms with E-state index >= 15 is 0 Å². The Morgan fingerprint density at radius 2 is 1.86 bits per heavy atom. The first-order chi connectivity index (χ1) is 10.2. The van der Waals surface area contributed by atoms with Crippen molar-refractivity contribution in [2.45, 2.75) is 77.9 Å². The van der Waals surface area contributed by atoms with Gasteiger partial charge in [0.1, 0.15) is 5.75 Å². The van der Waals surface area contributed by atoms with Crippen LogP contribution in [0.1, 0.15) is 71.4 Å². The molecule has 3 nitrogen and oxygen atoms in total. The molecule has 0 radical (unpaired) electrons. The molecule has 0 fully saturated rings. The lowest BCUT2D eigenvalue weighted by molar-refractivity contribution is 0.126. The van der Waals surface area contributed by atoms with Gasteiger partial charge in [0, 0.05) is 6.04 Å². The number of ether oxygens (including phenoxy) is 1. The third kappa shape index (κ3) is 4.99. The minimum absolute atomic E-state index is 0.0265. The van der Waals surface area contributed by atoms with Crippen molar-refractivity contribution in [1.82, 2.24) is 0 Å². The molecular formula is C19H33NO2. The molecule has 0 spiro atoms. The molecule has 0 saturated carbocycles. The monoisotopic (exact) mass is 307 g/mol. The van der Waals surface area contributed by atoms with E-state index in [2.05, 4.69) is 45.9 Å². The summed E-state index contributed by atoms with van der Waals surface area (Å²) < 4.78 is 5.77. The zero-order chi connectivity index (χ0) is 16.9. The predicted octanol–water partition coefficient (Wildman–Crippen LogP) is 3.97. The molecule has 0 bridgehead atoms. The highest BCUT2D eigenvalue weighted by Crippen LogP contribution is 2.35. The van der Waals surface area contributed by atoms with Crippen LogP contribution in [0.3, 0.4) is 0 Å². The predicted molar refractivity (Wildman–Crippen MR) is 93.6 cm³/mol. The number of aliphatic hydroxyl groups excluding tert-OH is 1. The minimum Gasteiger partial charge on any atom is -0.494 e.